The van der Waals surface area contributed by atoms with E-state index in [0.29, 0.717) is 18.2 Å². The standard InChI is InChI=1S/C30H26N2O6/c33-27(38-32-28(34)24-13-5-6-14-25(24)29(32)35)16-19-8-7-15-31(17-19)30(36)37-18-26-22-11-3-1-9-20(22)21-10-2-4-12-23(21)26/h1-6,9-14,19,26H,7-8,15-18H2/t19-/m0/s1. The number of fused-ring (bicyclic) bond motifs is 4. The van der Waals surface area contributed by atoms with Crippen molar-refractivity contribution in [2.75, 3.05) is 19.7 Å². The van der Waals surface area contributed by atoms with E-state index >= 15 is 0 Å². The summed E-state index contributed by atoms with van der Waals surface area (Å²) in [6.07, 6.45) is 1.02. The van der Waals surface area contributed by atoms with Crippen molar-refractivity contribution in [2.24, 2.45) is 5.92 Å². The van der Waals surface area contributed by atoms with Crippen LogP contribution in [0.4, 0.5) is 4.79 Å². The van der Waals surface area contributed by atoms with E-state index in [2.05, 4.69) is 24.3 Å². The van der Waals surface area contributed by atoms with E-state index < -0.39 is 23.9 Å². The Labute approximate surface area is 219 Å². The first-order valence-electron chi connectivity index (χ1n) is 12.8. The molecule has 1 aliphatic carbocycles. The summed E-state index contributed by atoms with van der Waals surface area (Å²) < 4.78 is 5.78. The zero-order valence-corrected chi connectivity index (χ0v) is 20.7. The van der Waals surface area contributed by atoms with Gasteiger partial charge in [0.05, 0.1) is 17.5 Å². The fourth-order valence-electron chi connectivity index (χ4n) is 5.71. The Bertz CT molecular complexity index is 1370. The number of hydrogen-bond acceptors (Lipinski definition) is 6. The third kappa shape index (κ3) is 4.22. The van der Waals surface area contributed by atoms with Gasteiger partial charge in [0.25, 0.3) is 11.8 Å². The van der Waals surface area contributed by atoms with E-state index in [1.54, 1.807) is 17.0 Å². The minimum absolute atomic E-state index is 0.0133. The number of ether oxygens (including phenoxy) is 1. The van der Waals surface area contributed by atoms with Crippen molar-refractivity contribution in [2.45, 2.75) is 25.2 Å². The van der Waals surface area contributed by atoms with Crippen molar-refractivity contribution in [3.63, 3.8) is 0 Å². The molecule has 3 aromatic carbocycles. The molecule has 0 saturated carbocycles. The number of piperidine rings is 1. The fraction of sp³-hybridized carbons (Fsp3) is 0.267. The van der Waals surface area contributed by atoms with Crippen LogP contribution in [0.2, 0.25) is 0 Å². The van der Waals surface area contributed by atoms with E-state index in [0.717, 1.165) is 24.0 Å². The molecule has 6 rings (SSSR count). The van der Waals surface area contributed by atoms with Gasteiger partial charge in [-0.05, 0) is 53.1 Å². The van der Waals surface area contributed by atoms with Crippen LogP contribution in [0.3, 0.4) is 0 Å². The molecule has 0 bridgehead atoms. The predicted octanol–water partition coefficient (Wildman–Crippen LogP) is 4.79. The topological polar surface area (TPSA) is 93.2 Å². The first-order chi connectivity index (χ1) is 18.5. The first-order valence-corrected chi connectivity index (χ1v) is 12.8. The predicted molar refractivity (Wildman–Crippen MR) is 137 cm³/mol. The largest absolute Gasteiger partial charge is 0.448 e. The first kappa shape index (κ1) is 23.9. The maximum absolute atomic E-state index is 13.0. The van der Waals surface area contributed by atoms with Gasteiger partial charge in [-0.25, -0.2) is 9.59 Å². The summed E-state index contributed by atoms with van der Waals surface area (Å²) in [7, 11) is 0. The van der Waals surface area contributed by atoms with Crippen LogP contribution < -0.4 is 0 Å². The number of nitrogens with zero attached hydrogens (tertiary/aromatic N) is 2. The minimum atomic E-state index is -0.682. The summed E-state index contributed by atoms with van der Waals surface area (Å²) in [6.45, 7) is 1.12. The van der Waals surface area contributed by atoms with Gasteiger partial charge in [-0.3, -0.25) is 9.59 Å². The highest BCUT2D eigenvalue weighted by Crippen LogP contribution is 2.44. The molecule has 3 aliphatic rings. The van der Waals surface area contributed by atoms with Crippen LogP contribution in [0, 0.1) is 5.92 Å². The van der Waals surface area contributed by atoms with Crippen molar-refractivity contribution in [3.8, 4) is 11.1 Å². The molecule has 0 unspecified atom stereocenters. The summed E-state index contributed by atoms with van der Waals surface area (Å²) >= 11 is 0. The Balaban J connectivity index is 1.05. The molecule has 38 heavy (non-hydrogen) atoms. The lowest BCUT2D eigenvalue weighted by atomic mass is 9.95. The molecule has 1 atom stereocenters. The minimum Gasteiger partial charge on any atom is -0.448 e. The maximum atomic E-state index is 13.0. The lowest BCUT2D eigenvalue weighted by Crippen LogP contribution is -2.42. The maximum Gasteiger partial charge on any atom is 0.409 e. The number of rotatable bonds is 5. The molecule has 1 saturated heterocycles. The van der Waals surface area contributed by atoms with Crippen LogP contribution in [0.15, 0.2) is 72.8 Å². The summed E-state index contributed by atoms with van der Waals surface area (Å²) in [5.41, 5.74) is 5.05. The molecule has 8 nitrogen and oxygen atoms in total. The molecule has 0 spiro atoms. The van der Waals surface area contributed by atoms with Gasteiger partial charge in [0, 0.05) is 19.0 Å². The Hall–Kier alpha value is -4.46. The Morgan fingerprint density at radius 1 is 0.789 bits per heavy atom. The second kappa shape index (κ2) is 9.78. The molecule has 2 aliphatic heterocycles. The molecular weight excluding hydrogens is 484 g/mol. The zero-order chi connectivity index (χ0) is 26.2. The lowest BCUT2D eigenvalue weighted by molar-refractivity contribution is -0.170. The van der Waals surface area contributed by atoms with Gasteiger partial charge in [-0.15, -0.1) is 0 Å². The van der Waals surface area contributed by atoms with E-state index in [1.165, 1.54) is 23.3 Å². The lowest BCUT2D eigenvalue weighted by Gasteiger charge is -2.32. The normalized spacial score (nSPS) is 18.2. The highest BCUT2D eigenvalue weighted by atomic mass is 16.7. The monoisotopic (exact) mass is 510 g/mol. The summed E-state index contributed by atoms with van der Waals surface area (Å²) in [6, 6.07) is 22.7. The summed E-state index contributed by atoms with van der Waals surface area (Å²) in [5, 5.41) is 0.527. The van der Waals surface area contributed by atoms with E-state index in [9.17, 15) is 19.2 Å². The van der Waals surface area contributed by atoms with E-state index in [1.807, 2.05) is 24.3 Å². The van der Waals surface area contributed by atoms with Gasteiger partial charge in [0.15, 0.2) is 0 Å². The smallest absolute Gasteiger partial charge is 0.409 e. The van der Waals surface area contributed by atoms with E-state index in [-0.39, 0.29) is 36.0 Å². The Morgan fingerprint density at radius 3 is 1.95 bits per heavy atom. The Kier molecular flexibility index (Phi) is 6.15. The van der Waals surface area contributed by atoms with Crippen LogP contribution in [-0.2, 0) is 14.4 Å². The van der Waals surface area contributed by atoms with Crippen molar-refractivity contribution in [3.05, 3.63) is 95.1 Å². The van der Waals surface area contributed by atoms with Gasteiger partial charge in [-0.1, -0.05) is 65.7 Å². The van der Waals surface area contributed by atoms with Crippen molar-refractivity contribution < 1.29 is 28.8 Å². The Morgan fingerprint density at radius 2 is 1.34 bits per heavy atom. The van der Waals surface area contributed by atoms with Crippen molar-refractivity contribution in [1.82, 2.24) is 9.96 Å². The second-order valence-corrected chi connectivity index (χ2v) is 9.88. The van der Waals surface area contributed by atoms with Crippen molar-refractivity contribution in [1.29, 1.82) is 0 Å². The SMILES string of the molecule is O=C(C[C@@H]1CCCN(C(=O)OCC2c3ccccc3-c3ccccc32)C1)ON1C(=O)c2ccccc2C1=O. The summed E-state index contributed by atoms with van der Waals surface area (Å²) in [4.78, 5) is 57.3. The molecule has 0 radical (unpaired) electrons. The molecule has 0 aromatic heterocycles. The van der Waals surface area contributed by atoms with Gasteiger partial charge in [0.1, 0.15) is 6.61 Å². The number of hydrogen-bond donors (Lipinski definition) is 0. The third-order valence-corrected chi connectivity index (χ3v) is 7.52. The molecule has 2 heterocycles. The van der Waals surface area contributed by atoms with Crippen LogP contribution in [-0.4, -0.2) is 53.5 Å². The number of imide groups is 1. The molecule has 0 N–H and O–H groups in total. The highest BCUT2D eigenvalue weighted by Gasteiger charge is 2.39. The van der Waals surface area contributed by atoms with Gasteiger partial charge >= 0.3 is 12.1 Å². The zero-order valence-electron chi connectivity index (χ0n) is 20.7. The van der Waals surface area contributed by atoms with Crippen molar-refractivity contribution >= 4 is 23.9 Å². The van der Waals surface area contributed by atoms with Crippen LogP contribution >= 0.6 is 0 Å². The highest BCUT2D eigenvalue weighted by molar-refractivity contribution is 6.20. The number of carbonyl (C=O) groups excluding carboxylic acids is 4. The number of likely N-dealkylation sites (tertiary alicyclic amines) is 1. The summed E-state index contributed by atoms with van der Waals surface area (Å²) in [5.74, 6) is -2.17. The molecule has 3 aromatic rings. The van der Waals surface area contributed by atoms with Crippen LogP contribution in [0.1, 0.15) is 57.0 Å². The number of hydroxylamine groups is 2. The third-order valence-electron chi connectivity index (χ3n) is 7.52. The quantitative estimate of drug-likeness (QED) is 0.458. The molecule has 1 fully saturated rings. The van der Waals surface area contributed by atoms with Gasteiger partial charge < -0.3 is 14.5 Å². The fourth-order valence-corrected chi connectivity index (χ4v) is 5.71. The van der Waals surface area contributed by atoms with E-state index in [4.69, 9.17) is 9.57 Å². The number of amides is 3. The average Bonchev–Trinajstić information content (AvgIpc) is 3.39. The van der Waals surface area contributed by atoms with Gasteiger partial charge in [-0.2, -0.15) is 0 Å². The number of benzene rings is 3. The number of carbonyl (C=O) groups is 4. The van der Waals surface area contributed by atoms with Gasteiger partial charge in [0.2, 0.25) is 0 Å². The second-order valence-electron chi connectivity index (χ2n) is 9.88. The molecular formula is C30H26N2O6. The average molecular weight is 511 g/mol. The van der Waals surface area contributed by atoms with Crippen LogP contribution in [0.5, 0.6) is 0 Å². The molecule has 3 amide bonds. The molecule has 8 heteroatoms. The molecule has 192 valence electrons. The van der Waals surface area contributed by atoms with Crippen LogP contribution in [0.25, 0.3) is 11.1 Å².